The molecule has 29 heavy (non-hydrogen) atoms. The van der Waals surface area contributed by atoms with Crippen LogP contribution in [-0.2, 0) is 4.79 Å². The van der Waals surface area contributed by atoms with Crippen molar-refractivity contribution in [3.8, 4) is 0 Å². The monoisotopic (exact) mass is 460 g/mol. The first-order valence-electron chi connectivity index (χ1n) is 8.56. The number of rotatable bonds is 4. The maximum atomic E-state index is 12.3. The maximum Gasteiger partial charge on any atom is 0.264 e. The Morgan fingerprint density at radius 3 is 2.69 bits per heavy atom. The van der Waals surface area contributed by atoms with Gasteiger partial charge in [0.05, 0.1) is 10.6 Å². The van der Waals surface area contributed by atoms with Gasteiger partial charge in [-0.05, 0) is 72.8 Å². The molecule has 0 aliphatic carbocycles. The fourth-order valence-electron chi connectivity index (χ4n) is 2.52. The molecule has 1 aliphatic heterocycles. The molecule has 1 N–H and O–H groups in total. The van der Waals surface area contributed by atoms with E-state index < -0.39 is 0 Å². The summed E-state index contributed by atoms with van der Waals surface area (Å²) in [7, 11) is 0. The number of carbonyl (C=O) groups is 1. The number of hydrogen-bond acceptors (Lipinski definition) is 5. The van der Waals surface area contributed by atoms with Crippen molar-refractivity contribution in [3.05, 3.63) is 80.9 Å². The van der Waals surface area contributed by atoms with Crippen LogP contribution in [0.1, 0.15) is 11.3 Å². The summed E-state index contributed by atoms with van der Waals surface area (Å²) in [4.78, 5) is 18.3. The second-order valence-electron chi connectivity index (χ2n) is 6.08. The van der Waals surface area contributed by atoms with Gasteiger partial charge in [-0.2, -0.15) is 0 Å². The summed E-state index contributed by atoms with van der Waals surface area (Å²) >= 11 is 14.8. The fourth-order valence-corrected chi connectivity index (χ4v) is 4.41. The molecular formula is C21H14Cl2N2O2S2. The Morgan fingerprint density at radius 2 is 1.90 bits per heavy atom. The molecule has 0 bridgehead atoms. The SMILES string of the molecule is Cc1c(Cl)cccc1N=C1NC(=O)/C(=C\c2ccc(Sc3ccc(Cl)cc3)o2)S1. The molecule has 0 unspecified atom stereocenters. The van der Waals surface area contributed by atoms with Crippen molar-refractivity contribution in [1.29, 1.82) is 0 Å². The van der Waals surface area contributed by atoms with E-state index in [0.717, 1.165) is 21.2 Å². The van der Waals surface area contributed by atoms with Gasteiger partial charge in [-0.15, -0.1) is 0 Å². The third kappa shape index (κ3) is 4.90. The van der Waals surface area contributed by atoms with E-state index in [0.29, 0.717) is 25.9 Å². The minimum Gasteiger partial charge on any atom is -0.450 e. The first kappa shape index (κ1) is 20.2. The topological polar surface area (TPSA) is 54.6 Å². The summed E-state index contributed by atoms with van der Waals surface area (Å²) in [6, 6.07) is 16.7. The molecule has 4 rings (SSSR count). The molecule has 1 fully saturated rings. The number of benzene rings is 2. The zero-order valence-corrected chi connectivity index (χ0v) is 18.3. The summed E-state index contributed by atoms with van der Waals surface area (Å²) in [5.74, 6) is 0.385. The predicted octanol–water partition coefficient (Wildman–Crippen LogP) is 6.94. The average Bonchev–Trinajstić information content (AvgIpc) is 3.27. The number of carbonyl (C=O) groups excluding carboxylic acids is 1. The van der Waals surface area contributed by atoms with E-state index in [4.69, 9.17) is 27.6 Å². The normalized spacial score (nSPS) is 16.6. The Labute approximate surface area is 186 Å². The van der Waals surface area contributed by atoms with Crippen LogP contribution in [-0.4, -0.2) is 11.1 Å². The predicted molar refractivity (Wildman–Crippen MR) is 121 cm³/mol. The highest BCUT2D eigenvalue weighted by atomic mass is 35.5. The van der Waals surface area contributed by atoms with Gasteiger partial charge in [0.2, 0.25) is 0 Å². The minimum atomic E-state index is -0.211. The number of nitrogens with zero attached hydrogens (tertiary/aromatic N) is 1. The molecule has 146 valence electrons. The molecule has 0 radical (unpaired) electrons. The van der Waals surface area contributed by atoms with E-state index in [1.807, 2.05) is 61.5 Å². The van der Waals surface area contributed by atoms with Crippen molar-refractivity contribution < 1.29 is 9.21 Å². The summed E-state index contributed by atoms with van der Waals surface area (Å²) in [6.07, 6.45) is 1.71. The molecule has 0 spiro atoms. The molecule has 1 aliphatic rings. The van der Waals surface area contributed by atoms with Crippen LogP contribution in [0.2, 0.25) is 10.0 Å². The van der Waals surface area contributed by atoms with Gasteiger partial charge >= 0.3 is 0 Å². The molecule has 2 aromatic carbocycles. The molecular weight excluding hydrogens is 447 g/mol. The van der Waals surface area contributed by atoms with Crippen LogP contribution in [0.5, 0.6) is 0 Å². The number of nitrogens with one attached hydrogen (secondary N) is 1. The number of furan rings is 1. The molecule has 0 saturated carbocycles. The van der Waals surface area contributed by atoms with Gasteiger partial charge in [-0.25, -0.2) is 4.99 Å². The Balaban J connectivity index is 1.49. The van der Waals surface area contributed by atoms with Crippen LogP contribution in [0.25, 0.3) is 6.08 Å². The fraction of sp³-hybridized carbons (Fsp3) is 0.0476. The molecule has 4 nitrogen and oxygen atoms in total. The molecule has 1 amide bonds. The van der Waals surface area contributed by atoms with Crippen molar-refractivity contribution in [2.75, 3.05) is 0 Å². The van der Waals surface area contributed by atoms with Crippen LogP contribution >= 0.6 is 46.7 Å². The molecule has 1 saturated heterocycles. The van der Waals surface area contributed by atoms with Gasteiger partial charge in [-0.3, -0.25) is 4.79 Å². The maximum absolute atomic E-state index is 12.3. The summed E-state index contributed by atoms with van der Waals surface area (Å²) in [6.45, 7) is 1.89. The van der Waals surface area contributed by atoms with E-state index in [-0.39, 0.29) is 5.91 Å². The van der Waals surface area contributed by atoms with Crippen molar-refractivity contribution in [2.24, 2.45) is 4.99 Å². The molecule has 3 aromatic rings. The summed E-state index contributed by atoms with van der Waals surface area (Å²) in [5.41, 5.74) is 1.59. The summed E-state index contributed by atoms with van der Waals surface area (Å²) in [5, 5.41) is 5.34. The number of amidine groups is 1. The molecule has 1 aromatic heterocycles. The zero-order valence-electron chi connectivity index (χ0n) is 15.1. The molecule has 8 heteroatoms. The highest BCUT2D eigenvalue weighted by molar-refractivity contribution is 8.18. The van der Waals surface area contributed by atoms with Gasteiger partial charge in [0.15, 0.2) is 10.3 Å². The van der Waals surface area contributed by atoms with E-state index in [1.165, 1.54) is 23.5 Å². The van der Waals surface area contributed by atoms with Gasteiger partial charge in [0.25, 0.3) is 5.91 Å². The van der Waals surface area contributed by atoms with Crippen LogP contribution in [0.15, 0.2) is 78.9 Å². The van der Waals surface area contributed by atoms with Crippen LogP contribution in [0, 0.1) is 6.92 Å². The number of thioether (sulfide) groups is 1. The minimum absolute atomic E-state index is 0.211. The van der Waals surface area contributed by atoms with Crippen molar-refractivity contribution in [2.45, 2.75) is 16.9 Å². The van der Waals surface area contributed by atoms with E-state index in [9.17, 15) is 4.79 Å². The van der Waals surface area contributed by atoms with Crippen LogP contribution in [0.4, 0.5) is 5.69 Å². The van der Waals surface area contributed by atoms with Gasteiger partial charge in [-0.1, -0.05) is 41.0 Å². The van der Waals surface area contributed by atoms with Crippen molar-refractivity contribution in [3.63, 3.8) is 0 Å². The van der Waals surface area contributed by atoms with E-state index >= 15 is 0 Å². The van der Waals surface area contributed by atoms with E-state index in [1.54, 1.807) is 6.08 Å². The summed E-state index contributed by atoms with van der Waals surface area (Å²) < 4.78 is 5.82. The highest BCUT2D eigenvalue weighted by Crippen LogP contribution is 2.33. The first-order chi connectivity index (χ1) is 14.0. The number of aliphatic imine (C=N–C) groups is 1. The van der Waals surface area contributed by atoms with E-state index in [2.05, 4.69) is 10.3 Å². The Kier molecular flexibility index (Phi) is 6.06. The first-order valence-corrected chi connectivity index (χ1v) is 10.9. The van der Waals surface area contributed by atoms with Gasteiger partial charge in [0, 0.05) is 21.0 Å². The standard InChI is InChI=1S/C21H14Cl2N2O2S2/c1-12-16(23)3-2-4-17(12)24-21-25-20(26)18(29-21)11-14-7-10-19(27-14)28-15-8-5-13(22)6-9-15/h2-11H,1H3,(H,24,25,26)/b18-11+. The third-order valence-corrected chi connectivity index (χ3v) is 6.52. The second kappa shape index (κ2) is 8.71. The quantitative estimate of drug-likeness (QED) is 0.428. The Hall–Kier alpha value is -2.12. The number of hydrogen-bond donors (Lipinski definition) is 1. The lowest BCUT2D eigenvalue weighted by atomic mass is 10.2. The lowest BCUT2D eigenvalue weighted by Crippen LogP contribution is -2.19. The lowest BCUT2D eigenvalue weighted by molar-refractivity contribution is -0.115. The van der Waals surface area contributed by atoms with Crippen LogP contribution in [0.3, 0.4) is 0 Å². The highest BCUT2D eigenvalue weighted by Gasteiger charge is 2.24. The number of halogens is 2. The Morgan fingerprint density at radius 1 is 1.10 bits per heavy atom. The third-order valence-electron chi connectivity index (χ3n) is 4.02. The molecule has 2 heterocycles. The average molecular weight is 461 g/mol. The van der Waals surface area contributed by atoms with Gasteiger partial charge < -0.3 is 9.73 Å². The smallest absolute Gasteiger partial charge is 0.264 e. The second-order valence-corrected chi connectivity index (χ2v) is 9.03. The molecule has 0 atom stereocenters. The van der Waals surface area contributed by atoms with Crippen molar-refractivity contribution in [1.82, 2.24) is 5.32 Å². The van der Waals surface area contributed by atoms with Crippen LogP contribution < -0.4 is 5.32 Å². The lowest BCUT2D eigenvalue weighted by Gasteiger charge is -2.02. The number of amides is 1. The van der Waals surface area contributed by atoms with Crippen molar-refractivity contribution >= 4 is 69.6 Å². The Bertz CT molecular complexity index is 1140. The van der Waals surface area contributed by atoms with Gasteiger partial charge in [0.1, 0.15) is 5.76 Å². The largest absolute Gasteiger partial charge is 0.450 e. The zero-order chi connectivity index (χ0) is 20.4.